The minimum Gasteiger partial charge on any atom is -0.359 e. The molecular weight excluding hydrogens is 204 g/mol. The molecule has 0 spiro atoms. The molecule has 0 aliphatic carbocycles. The lowest BCUT2D eigenvalue weighted by Crippen LogP contribution is -2.28. The van der Waals surface area contributed by atoms with Gasteiger partial charge in [0, 0.05) is 18.0 Å². The van der Waals surface area contributed by atoms with E-state index in [9.17, 15) is 5.21 Å². The Morgan fingerprint density at radius 3 is 2.50 bits per heavy atom. The van der Waals surface area contributed by atoms with Crippen LogP contribution >= 0.6 is 0 Å². The zero-order valence-corrected chi connectivity index (χ0v) is 10.4. The summed E-state index contributed by atoms with van der Waals surface area (Å²) in [7, 11) is 0. The number of hydrogen-bond donors (Lipinski definition) is 0. The zero-order valence-electron chi connectivity index (χ0n) is 10.4. The summed E-state index contributed by atoms with van der Waals surface area (Å²) in [4.78, 5) is 0.560. The third kappa shape index (κ3) is 3.83. The van der Waals surface area contributed by atoms with E-state index >= 15 is 0 Å². The second-order valence-corrected chi connectivity index (χ2v) is 4.19. The molecular formula is C12H22N2O2. The zero-order chi connectivity index (χ0) is 11.8. The van der Waals surface area contributed by atoms with Crippen molar-refractivity contribution in [3.8, 4) is 0 Å². The fourth-order valence-electron chi connectivity index (χ4n) is 1.87. The van der Waals surface area contributed by atoms with Gasteiger partial charge < -0.3 is 5.21 Å². The third-order valence-corrected chi connectivity index (χ3v) is 2.88. The number of aromatic nitrogens is 2. The Morgan fingerprint density at radius 2 is 1.81 bits per heavy atom. The van der Waals surface area contributed by atoms with Gasteiger partial charge in [-0.2, -0.15) is 0 Å². The fraction of sp³-hybridized carbons (Fsp3) is 0.833. The van der Waals surface area contributed by atoms with E-state index in [1.54, 1.807) is 0 Å². The Balaban J connectivity index is 2.23. The average molecular weight is 226 g/mol. The van der Waals surface area contributed by atoms with E-state index in [0.29, 0.717) is 4.90 Å². The van der Waals surface area contributed by atoms with Crippen molar-refractivity contribution in [3.63, 3.8) is 0 Å². The minimum atomic E-state index is 0.560. The lowest BCUT2D eigenvalue weighted by Gasteiger charge is -1.99. The van der Waals surface area contributed by atoms with Crippen molar-refractivity contribution >= 4 is 0 Å². The molecule has 0 radical (unpaired) electrons. The molecule has 92 valence electrons. The molecule has 1 aromatic heterocycles. The Hall–Kier alpha value is -1.06. The van der Waals surface area contributed by atoms with Crippen LogP contribution in [0.15, 0.2) is 4.63 Å². The normalized spacial score (nSPS) is 10.9. The first-order chi connectivity index (χ1) is 7.79. The monoisotopic (exact) mass is 226 g/mol. The summed E-state index contributed by atoms with van der Waals surface area (Å²) in [6.07, 6.45) is 8.96. The molecule has 0 aliphatic rings. The van der Waals surface area contributed by atoms with Gasteiger partial charge in [-0.1, -0.05) is 46.0 Å². The Morgan fingerprint density at radius 1 is 1.12 bits per heavy atom. The maximum Gasteiger partial charge on any atom is 0.220 e. The van der Waals surface area contributed by atoms with Crippen molar-refractivity contribution in [2.45, 2.75) is 65.2 Å². The van der Waals surface area contributed by atoms with Crippen molar-refractivity contribution < 1.29 is 9.53 Å². The molecule has 4 nitrogen and oxygen atoms in total. The molecule has 0 saturated heterocycles. The van der Waals surface area contributed by atoms with E-state index in [0.717, 1.165) is 30.7 Å². The van der Waals surface area contributed by atoms with Crippen LogP contribution in [-0.2, 0) is 12.8 Å². The van der Waals surface area contributed by atoms with E-state index < -0.39 is 0 Å². The van der Waals surface area contributed by atoms with Crippen LogP contribution in [0.2, 0.25) is 0 Å². The number of rotatable bonds is 8. The Bertz CT molecular complexity index is 297. The molecule has 0 aromatic carbocycles. The lowest BCUT2D eigenvalue weighted by molar-refractivity contribution is -0.808. The second kappa shape index (κ2) is 7.25. The summed E-state index contributed by atoms with van der Waals surface area (Å²) >= 11 is 0. The van der Waals surface area contributed by atoms with E-state index in [4.69, 9.17) is 0 Å². The summed E-state index contributed by atoms with van der Waals surface area (Å²) in [6.45, 7) is 4.20. The Labute approximate surface area is 97.2 Å². The van der Waals surface area contributed by atoms with Gasteiger partial charge in [-0.25, -0.2) is 0 Å². The molecule has 0 atom stereocenters. The van der Waals surface area contributed by atoms with Crippen LogP contribution in [0.3, 0.4) is 0 Å². The first-order valence-electron chi connectivity index (χ1n) is 6.37. The van der Waals surface area contributed by atoms with Crippen molar-refractivity contribution in [3.05, 3.63) is 16.6 Å². The smallest absolute Gasteiger partial charge is 0.220 e. The van der Waals surface area contributed by atoms with Crippen LogP contribution in [0.5, 0.6) is 0 Å². The average Bonchev–Trinajstić information content (AvgIpc) is 2.65. The summed E-state index contributed by atoms with van der Waals surface area (Å²) in [5, 5.41) is 15.0. The van der Waals surface area contributed by atoms with Crippen molar-refractivity contribution in [2.75, 3.05) is 0 Å². The fourth-order valence-corrected chi connectivity index (χ4v) is 1.87. The molecule has 1 heterocycles. The largest absolute Gasteiger partial charge is 0.359 e. The molecule has 1 rings (SSSR count). The molecule has 1 aromatic rings. The highest BCUT2D eigenvalue weighted by atomic mass is 16.8. The predicted octanol–water partition coefficient (Wildman–Crippen LogP) is 2.77. The molecule has 0 amide bonds. The van der Waals surface area contributed by atoms with Gasteiger partial charge in [0.2, 0.25) is 5.69 Å². The highest BCUT2D eigenvalue weighted by Crippen LogP contribution is 2.10. The van der Waals surface area contributed by atoms with Crippen LogP contribution in [0.25, 0.3) is 0 Å². The molecule has 0 saturated carbocycles. The van der Waals surface area contributed by atoms with Gasteiger partial charge in [0.05, 0.1) is 0 Å². The van der Waals surface area contributed by atoms with Crippen LogP contribution in [0.4, 0.5) is 0 Å². The van der Waals surface area contributed by atoms with E-state index in [1.165, 1.54) is 32.1 Å². The molecule has 0 fully saturated rings. The van der Waals surface area contributed by atoms with Gasteiger partial charge >= 0.3 is 0 Å². The second-order valence-electron chi connectivity index (χ2n) is 4.19. The quantitative estimate of drug-likeness (QED) is 0.506. The van der Waals surface area contributed by atoms with Crippen LogP contribution in [0.1, 0.15) is 63.8 Å². The van der Waals surface area contributed by atoms with E-state index in [-0.39, 0.29) is 0 Å². The van der Waals surface area contributed by atoms with Gasteiger partial charge in [0.1, 0.15) is 0 Å². The number of aryl methyl sites for hydroxylation is 1. The van der Waals surface area contributed by atoms with E-state index in [1.807, 2.05) is 6.92 Å². The maximum atomic E-state index is 11.3. The molecule has 0 N–H and O–H groups in total. The van der Waals surface area contributed by atoms with Crippen LogP contribution in [-0.4, -0.2) is 5.16 Å². The number of hydrogen-bond acceptors (Lipinski definition) is 3. The van der Waals surface area contributed by atoms with Crippen LogP contribution < -0.4 is 4.90 Å². The molecule has 4 heteroatoms. The minimum absolute atomic E-state index is 0.560. The summed E-state index contributed by atoms with van der Waals surface area (Å²) in [6, 6.07) is 0. The SMILES string of the molecule is CCCCCCCCc1c(CC)no[n+]1[O-]. The van der Waals surface area contributed by atoms with E-state index in [2.05, 4.69) is 16.7 Å². The van der Waals surface area contributed by atoms with Gasteiger partial charge in [0.25, 0.3) is 0 Å². The lowest BCUT2D eigenvalue weighted by atomic mass is 10.1. The number of nitrogens with zero attached hydrogens (tertiary/aromatic N) is 2. The number of unbranched alkanes of at least 4 members (excludes halogenated alkanes) is 5. The van der Waals surface area contributed by atoms with Crippen molar-refractivity contribution in [1.82, 2.24) is 5.16 Å². The van der Waals surface area contributed by atoms with Crippen molar-refractivity contribution in [2.24, 2.45) is 0 Å². The molecule has 0 unspecified atom stereocenters. The molecule has 16 heavy (non-hydrogen) atoms. The molecule has 0 bridgehead atoms. The first kappa shape index (κ1) is 13.0. The first-order valence-corrected chi connectivity index (χ1v) is 6.37. The van der Waals surface area contributed by atoms with Gasteiger partial charge in [-0.15, -0.1) is 0 Å². The summed E-state index contributed by atoms with van der Waals surface area (Å²) in [5.74, 6) is 0. The summed E-state index contributed by atoms with van der Waals surface area (Å²) in [5.41, 5.74) is 1.53. The van der Waals surface area contributed by atoms with Crippen molar-refractivity contribution in [1.29, 1.82) is 0 Å². The highest BCUT2D eigenvalue weighted by molar-refractivity contribution is 5.02. The van der Waals surface area contributed by atoms with Gasteiger partial charge in [-0.3, -0.25) is 4.63 Å². The Kier molecular flexibility index (Phi) is 5.90. The predicted molar refractivity (Wildman–Crippen MR) is 61.9 cm³/mol. The van der Waals surface area contributed by atoms with Gasteiger partial charge in [-0.05, 0) is 11.3 Å². The topological polar surface area (TPSA) is 53.0 Å². The highest BCUT2D eigenvalue weighted by Gasteiger charge is 2.15. The molecule has 0 aliphatic heterocycles. The van der Waals surface area contributed by atoms with Gasteiger partial charge in [0.15, 0.2) is 5.69 Å². The summed E-state index contributed by atoms with van der Waals surface area (Å²) < 4.78 is 4.59. The maximum absolute atomic E-state index is 11.3. The third-order valence-electron chi connectivity index (χ3n) is 2.88. The van der Waals surface area contributed by atoms with Crippen LogP contribution in [0, 0.1) is 5.21 Å². The standard InChI is InChI=1S/C12H22N2O2/c1-3-5-6-7-8-9-10-12-11(4-2)13-16-14(12)15/h3-10H2,1-2H3.